The summed E-state index contributed by atoms with van der Waals surface area (Å²) < 4.78 is 23.0. The number of benzene rings is 1. The zero-order valence-corrected chi connectivity index (χ0v) is 33.4. The molecule has 0 saturated carbocycles. The molecule has 0 bridgehead atoms. The van der Waals surface area contributed by atoms with Crippen LogP contribution < -0.4 is 14.4 Å². The van der Waals surface area contributed by atoms with Crippen LogP contribution in [0.5, 0.6) is 11.8 Å². The Labute approximate surface area is 323 Å². The lowest BCUT2D eigenvalue weighted by molar-refractivity contribution is -0.122. The molecule has 1 atom stereocenters. The number of imide groups is 1. The Bertz CT molecular complexity index is 1340. The summed E-state index contributed by atoms with van der Waals surface area (Å²) in [6, 6.07) is 5.96. The van der Waals surface area contributed by atoms with E-state index in [9.17, 15) is 14.4 Å². The highest BCUT2D eigenvalue weighted by Crippen LogP contribution is 2.36. The molecular formula is C42H64ClN3O7. The van der Waals surface area contributed by atoms with Gasteiger partial charge in [-0.2, -0.15) is 9.97 Å². The fourth-order valence-corrected chi connectivity index (χ4v) is 6.45. The van der Waals surface area contributed by atoms with Crippen LogP contribution in [0.4, 0.5) is 10.5 Å². The van der Waals surface area contributed by atoms with Gasteiger partial charge in [-0.3, -0.25) is 4.79 Å². The van der Waals surface area contributed by atoms with E-state index in [-0.39, 0.29) is 40.5 Å². The lowest BCUT2D eigenvalue weighted by atomic mass is 10.1. The number of amides is 2. The van der Waals surface area contributed by atoms with Crippen molar-refractivity contribution >= 4 is 35.3 Å². The number of unbranched alkanes of at least 4 members (excludes halogenated alkanes) is 19. The molecule has 1 aliphatic heterocycles. The highest BCUT2D eigenvalue weighted by molar-refractivity contribution is 6.35. The Morgan fingerprint density at radius 2 is 1.11 bits per heavy atom. The number of carbonyl (C=O) groups excluding carboxylic acids is 3. The number of rotatable bonds is 30. The van der Waals surface area contributed by atoms with Gasteiger partial charge in [0.2, 0.25) is 17.9 Å². The first kappa shape index (κ1) is 44.0. The van der Waals surface area contributed by atoms with Crippen molar-refractivity contribution in [2.45, 2.75) is 168 Å². The number of cyclic esters (lactones) is 1. The molecular weight excluding hydrogens is 694 g/mol. The van der Waals surface area contributed by atoms with Crippen LogP contribution in [0.2, 0.25) is 5.02 Å². The number of anilines is 1. The second-order valence-corrected chi connectivity index (χ2v) is 14.5. The van der Waals surface area contributed by atoms with E-state index < -0.39 is 24.1 Å². The third-order valence-corrected chi connectivity index (χ3v) is 9.75. The molecule has 1 saturated heterocycles. The van der Waals surface area contributed by atoms with Crippen LogP contribution in [-0.4, -0.2) is 47.8 Å². The van der Waals surface area contributed by atoms with E-state index in [2.05, 4.69) is 30.7 Å². The van der Waals surface area contributed by atoms with Crippen LogP contribution in [0, 0.1) is 0 Å². The average molecular weight is 758 g/mol. The molecule has 1 aromatic heterocycles. The van der Waals surface area contributed by atoms with E-state index in [1.807, 2.05) is 0 Å². The summed E-state index contributed by atoms with van der Waals surface area (Å²) in [5.74, 6) is -0.848. The number of aromatic nitrogens is 2. The molecule has 3 rings (SSSR count). The molecule has 1 aromatic carbocycles. The normalized spacial score (nSPS) is 14.1. The lowest BCUT2D eigenvalue weighted by Crippen LogP contribution is -2.30. The van der Waals surface area contributed by atoms with Gasteiger partial charge >= 0.3 is 12.1 Å². The number of hydrogen-bond acceptors (Lipinski definition) is 9. The standard InChI is InChI=1S/C42H64ClN3O7/c1-4-7-10-13-16-17-18-19-22-25-30-52-41(48)33-26-27-34(43)35(31-33)46-40(47)38(53-42(46)49)39-44-36(50-28-23-20-14-11-8-5-2)32-37(45-39)51-29-24-21-15-12-9-6-3/h26-27,31-32,38H,4-25,28-30H2,1-3H3. The molecule has 2 aromatic rings. The predicted molar refractivity (Wildman–Crippen MR) is 210 cm³/mol. The monoisotopic (exact) mass is 757 g/mol. The molecule has 2 amide bonds. The van der Waals surface area contributed by atoms with Gasteiger partial charge in [0.15, 0.2) is 5.82 Å². The van der Waals surface area contributed by atoms with E-state index >= 15 is 0 Å². The van der Waals surface area contributed by atoms with Gasteiger partial charge in [0.25, 0.3) is 5.91 Å². The van der Waals surface area contributed by atoms with Crippen molar-refractivity contribution in [1.82, 2.24) is 9.97 Å². The summed E-state index contributed by atoms with van der Waals surface area (Å²) in [5, 5.41) is 0.0992. The molecule has 1 aliphatic rings. The van der Waals surface area contributed by atoms with E-state index in [1.165, 1.54) is 102 Å². The topological polar surface area (TPSA) is 117 Å². The maximum Gasteiger partial charge on any atom is 0.422 e. The smallest absolute Gasteiger partial charge is 0.422 e. The van der Waals surface area contributed by atoms with Crippen molar-refractivity contribution in [3.05, 3.63) is 40.7 Å². The quantitative estimate of drug-likeness (QED) is 0.0567. The van der Waals surface area contributed by atoms with Crippen LogP contribution in [0.1, 0.15) is 184 Å². The molecule has 10 nitrogen and oxygen atoms in total. The fourth-order valence-electron chi connectivity index (χ4n) is 6.24. The minimum Gasteiger partial charge on any atom is -0.477 e. The van der Waals surface area contributed by atoms with Crippen molar-refractivity contribution < 1.29 is 33.3 Å². The number of hydrogen-bond donors (Lipinski definition) is 0. The summed E-state index contributed by atoms with van der Waals surface area (Å²) in [5.41, 5.74) is 0.194. The Balaban J connectivity index is 1.62. The summed E-state index contributed by atoms with van der Waals surface area (Å²) in [7, 11) is 0. The van der Waals surface area contributed by atoms with Gasteiger partial charge in [0.05, 0.1) is 42.2 Å². The molecule has 0 N–H and O–H groups in total. The van der Waals surface area contributed by atoms with E-state index in [0.717, 1.165) is 62.7 Å². The maximum atomic E-state index is 13.8. The minimum atomic E-state index is -1.44. The number of halogens is 1. The van der Waals surface area contributed by atoms with Crippen LogP contribution in [0.3, 0.4) is 0 Å². The molecule has 1 fully saturated rings. The third-order valence-electron chi connectivity index (χ3n) is 9.43. The first-order chi connectivity index (χ1) is 25.9. The zero-order valence-electron chi connectivity index (χ0n) is 32.6. The highest BCUT2D eigenvalue weighted by atomic mass is 35.5. The minimum absolute atomic E-state index is 0.0209. The summed E-state index contributed by atoms with van der Waals surface area (Å²) in [6.07, 6.45) is 22.7. The molecule has 11 heteroatoms. The Kier molecular flexibility index (Phi) is 21.9. The SMILES string of the molecule is CCCCCCCCCCCCOC(=O)c1ccc(Cl)c(N2C(=O)OC(c3nc(OCCCCCCCC)cc(OCCCCCCCC)n3)C2=O)c1. The van der Waals surface area contributed by atoms with Gasteiger partial charge in [0.1, 0.15) is 0 Å². The van der Waals surface area contributed by atoms with Crippen molar-refractivity contribution in [2.24, 2.45) is 0 Å². The van der Waals surface area contributed by atoms with Crippen molar-refractivity contribution in [2.75, 3.05) is 24.7 Å². The Morgan fingerprint density at radius 3 is 1.60 bits per heavy atom. The summed E-state index contributed by atoms with van der Waals surface area (Å²) in [4.78, 5) is 49.6. The number of carbonyl (C=O) groups is 3. The Morgan fingerprint density at radius 1 is 0.660 bits per heavy atom. The molecule has 296 valence electrons. The number of ether oxygens (including phenoxy) is 4. The van der Waals surface area contributed by atoms with Crippen LogP contribution in [0.15, 0.2) is 24.3 Å². The van der Waals surface area contributed by atoms with Crippen LogP contribution in [0.25, 0.3) is 0 Å². The number of esters is 1. The van der Waals surface area contributed by atoms with E-state index in [0.29, 0.717) is 13.2 Å². The first-order valence-corrected chi connectivity index (χ1v) is 20.9. The summed E-state index contributed by atoms with van der Waals surface area (Å²) >= 11 is 6.47. The van der Waals surface area contributed by atoms with Gasteiger partial charge in [-0.05, 0) is 37.5 Å². The highest BCUT2D eigenvalue weighted by Gasteiger charge is 2.45. The summed E-state index contributed by atoms with van der Waals surface area (Å²) in [6.45, 7) is 7.79. The average Bonchev–Trinajstić information content (AvgIpc) is 3.45. The van der Waals surface area contributed by atoms with Gasteiger partial charge in [-0.15, -0.1) is 0 Å². The largest absolute Gasteiger partial charge is 0.477 e. The molecule has 0 radical (unpaired) electrons. The zero-order chi connectivity index (χ0) is 38.1. The van der Waals surface area contributed by atoms with E-state index in [4.69, 9.17) is 30.5 Å². The molecule has 53 heavy (non-hydrogen) atoms. The molecule has 0 aliphatic carbocycles. The van der Waals surface area contributed by atoms with Gasteiger partial charge in [-0.1, -0.05) is 154 Å². The lowest BCUT2D eigenvalue weighted by Gasteiger charge is -2.15. The molecule has 0 spiro atoms. The van der Waals surface area contributed by atoms with Gasteiger partial charge in [0, 0.05) is 0 Å². The predicted octanol–water partition coefficient (Wildman–Crippen LogP) is 11.9. The maximum absolute atomic E-state index is 13.8. The fraction of sp³-hybridized carbons (Fsp3) is 0.690. The van der Waals surface area contributed by atoms with Gasteiger partial charge < -0.3 is 18.9 Å². The van der Waals surface area contributed by atoms with Crippen LogP contribution in [-0.2, 0) is 14.3 Å². The molecule has 2 heterocycles. The van der Waals surface area contributed by atoms with E-state index in [1.54, 1.807) is 6.07 Å². The second kappa shape index (κ2) is 26.4. The first-order valence-electron chi connectivity index (χ1n) is 20.5. The third kappa shape index (κ3) is 16.2. The van der Waals surface area contributed by atoms with Crippen molar-refractivity contribution in [3.63, 3.8) is 0 Å². The number of nitrogens with zero attached hydrogens (tertiary/aromatic N) is 3. The Hall–Kier alpha value is -3.40. The van der Waals surface area contributed by atoms with Crippen molar-refractivity contribution in [1.29, 1.82) is 0 Å². The molecule has 1 unspecified atom stereocenters. The second-order valence-electron chi connectivity index (χ2n) is 14.1. The van der Waals surface area contributed by atoms with Crippen LogP contribution >= 0.6 is 11.6 Å². The van der Waals surface area contributed by atoms with Crippen molar-refractivity contribution in [3.8, 4) is 11.8 Å². The van der Waals surface area contributed by atoms with Gasteiger partial charge in [-0.25, -0.2) is 14.5 Å².